The molecule has 0 heterocycles. The first-order chi connectivity index (χ1) is 28.3. The van der Waals surface area contributed by atoms with Gasteiger partial charge in [0.15, 0.2) is 0 Å². The molecule has 0 N–H and O–H groups in total. The lowest BCUT2D eigenvalue weighted by Gasteiger charge is -2.37. The SMILES string of the molecule is CC1(C)C2=C(C=C(C3=Cc4c(cc(C5=CC6=C(CC5)C(C)(C)c5ccccc56)c5ccccc45)C4C=C(c5cccc6c5C=CCC6)C=CC34)CC2)c2ccccc21. The van der Waals surface area contributed by atoms with Crippen molar-refractivity contribution in [2.75, 3.05) is 0 Å². The van der Waals surface area contributed by atoms with Crippen LogP contribution >= 0.6 is 0 Å². The molecule has 0 bridgehead atoms. The van der Waals surface area contributed by atoms with E-state index in [0.717, 1.165) is 38.5 Å². The van der Waals surface area contributed by atoms with Crippen LogP contribution in [-0.2, 0) is 17.3 Å². The largest absolute Gasteiger partial charge is 0.0836 e. The number of allylic oxidation sites excluding steroid dienone is 14. The molecular formula is C58H50. The van der Waals surface area contributed by atoms with Crippen LogP contribution in [0.2, 0.25) is 0 Å². The molecule has 0 radical (unpaired) electrons. The van der Waals surface area contributed by atoms with Gasteiger partial charge in [0, 0.05) is 22.7 Å². The van der Waals surface area contributed by atoms with Gasteiger partial charge in [0.25, 0.3) is 0 Å². The fourth-order valence-electron chi connectivity index (χ4n) is 12.4. The average Bonchev–Trinajstić information content (AvgIpc) is 3.64. The molecule has 282 valence electrons. The van der Waals surface area contributed by atoms with Crippen LogP contribution in [0, 0.1) is 5.92 Å². The van der Waals surface area contributed by atoms with E-state index in [4.69, 9.17) is 0 Å². The van der Waals surface area contributed by atoms with Gasteiger partial charge in [0.1, 0.15) is 0 Å². The molecule has 0 amide bonds. The van der Waals surface area contributed by atoms with Crippen LogP contribution in [-0.4, -0.2) is 0 Å². The first-order valence-corrected chi connectivity index (χ1v) is 21.8. The minimum atomic E-state index is 0.0721. The van der Waals surface area contributed by atoms with Crippen LogP contribution in [0.5, 0.6) is 0 Å². The van der Waals surface area contributed by atoms with E-state index in [0.29, 0.717) is 0 Å². The third kappa shape index (κ3) is 4.81. The van der Waals surface area contributed by atoms with Crippen LogP contribution in [0.15, 0.2) is 156 Å². The number of hydrogen-bond acceptors (Lipinski definition) is 0. The molecule has 7 aliphatic carbocycles. The fraction of sp³-hybridized carbons (Fsp3) is 0.241. The van der Waals surface area contributed by atoms with Crippen LogP contribution in [0.3, 0.4) is 0 Å². The summed E-state index contributed by atoms with van der Waals surface area (Å²) in [5.74, 6) is 0.506. The van der Waals surface area contributed by atoms with Gasteiger partial charge in [0.2, 0.25) is 0 Å². The molecule has 0 saturated carbocycles. The maximum absolute atomic E-state index is 2.65. The van der Waals surface area contributed by atoms with Gasteiger partial charge in [-0.25, -0.2) is 0 Å². The molecule has 0 heteroatoms. The van der Waals surface area contributed by atoms with Gasteiger partial charge < -0.3 is 0 Å². The minimum absolute atomic E-state index is 0.0721. The topological polar surface area (TPSA) is 0 Å². The summed E-state index contributed by atoms with van der Waals surface area (Å²) < 4.78 is 0. The standard InChI is InChI=1S/C58H50/c1-57(2)53-22-11-9-19-44(53)51-31-37(25-28-55(51)57)46-34-50-48-30-36(40-21-13-15-35-14-5-6-16-39(35)40)24-27-43(48)47(33-49(50)42-18-8-7-17-41(42)46)38-26-29-56-52(32-38)45-20-10-12-23-54(45)58(56,3)4/h6-13,15-24,27,30-34,43,48H,5,14,25-26,28-29H2,1-4H3. The van der Waals surface area contributed by atoms with Crippen LogP contribution in [0.1, 0.15) is 121 Å². The van der Waals surface area contributed by atoms with Gasteiger partial charge in [-0.1, -0.05) is 172 Å². The quantitative estimate of drug-likeness (QED) is 0.172. The Morgan fingerprint density at radius 1 is 0.517 bits per heavy atom. The smallest absolute Gasteiger partial charge is 0.0137 e. The van der Waals surface area contributed by atoms with Gasteiger partial charge in [0.05, 0.1) is 0 Å². The summed E-state index contributed by atoms with van der Waals surface area (Å²) in [5.41, 5.74) is 26.5. The zero-order chi connectivity index (χ0) is 38.9. The third-order valence-electron chi connectivity index (χ3n) is 15.3. The average molecular weight is 747 g/mol. The van der Waals surface area contributed by atoms with Crippen molar-refractivity contribution in [3.63, 3.8) is 0 Å². The van der Waals surface area contributed by atoms with E-state index >= 15 is 0 Å². The number of rotatable bonds is 3. The maximum Gasteiger partial charge on any atom is 0.0137 e. The van der Waals surface area contributed by atoms with E-state index in [-0.39, 0.29) is 22.7 Å². The van der Waals surface area contributed by atoms with E-state index in [1.54, 1.807) is 11.1 Å². The van der Waals surface area contributed by atoms with Crippen molar-refractivity contribution in [2.45, 2.75) is 83.0 Å². The molecule has 0 aromatic heterocycles. The highest BCUT2D eigenvalue weighted by Gasteiger charge is 2.41. The van der Waals surface area contributed by atoms with Crippen LogP contribution < -0.4 is 0 Å². The van der Waals surface area contributed by atoms with Crippen molar-refractivity contribution in [1.29, 1.82) is 0 Å². The molecule has 0 nitrogen and oxygen atoms in total. The van der Waals surface area contributed by atoms with Crippen LogP contribution in [0.4, 0.5) is 0 Å². The molecular weight excluding hydrogens is 697 g/mol. The normalized spacial score (nSPS) is 22.8. The second-order valence-electron chi connectivity index (χ2n) is 18.9. The van der Waals surface area contributed by atoms with Gasteiger partial charge in [-0.3, -0.25) is 0 Å². The van der Waals surface area contributed by atoms with E-state index in [1.807, 2.05) is 0 Å². The van der Waals surface area contributed by atoms with Crippen molar-refractivity contribution in [3.05, 3.63) is 211 Å². The monoisotopic (exact) mass is 746 g/mol. The summed E-state index contributed by atoms with van der Waals surface area (Å²) in [6.07, 6.45) is 26.8. The van der Waals surface area contributed by atoms with Crippen molar-refractivity contribution < 1.29 is 0 Å². The molecule has 2 unspecified atom stereocenters. The summed E-state index contributed by atoms with van der Waals surface area (Å²) in [7, 11) is 0. The highest BCUT2D eigenvalue weighted by Crippen LogP contribution is 2.57. The van der Waals surface area contributed by atoms with Gasteiger partial charge >= 0.3 is 0 Å². The van der Waals surface area contributed by atoms with Crippen LogP contribution in [0.25, 0.3) is 45.2 Å². The van der Waals surface area contributed by atoms with E-state index in [9.17, 15) is 0 Å². The molecule has 2 atom stereocenters. The third-order valence-corrected chi connectivity index (χ3v) is 15.3. The number of benzene rings is 5. The molecule has 12 rings (SSSR count). The highest BCUT2D eigenvalue weighted by atomic mass is 14.5. The minimum Gasteiger partial charge on any atom is -0.0836 e. The number of hydrogen-bond donors (Lipinski definition) is 0. The summed E-state index contributed by atoms with van der Waals surface area (Å²) in [6, 6.07) is 37.2. The van der Waals surface area contributed by atoms with Crippen molar-refractivity contribution in [2.24, 2.45) is 5.92 Å². The first-order valence-electron chi connectivity index (χ1n) is 21.8. The molecule has 5 aromatic carbocycles. The van der Waals surface area contributed by atoms with E-state index in [1.165, 1.54) is 99.8 Å². The molecule has 0 saturated heterocycles. The second-order valence-corrected chi connectivity index (χ2v) is 18.9. The lowest BCUT2D eigenvalue weighted by atomic mass is 9.66. The summed E-state index contributed by atoms with van der Waals surface area (Å²) >= 11 is 0. The molecule has 0 spiro atoms. The second kappa shape index (κ2) is 12.4. The van der Waals surface area contributed by atoms with Crippen molar-refractivity contribution >= 4 is 45.2 Å². The number of fused-ring (bicyclic) bond motifs is 10. The van der Waals surface area contributed by atoms with E-state index < -0.39 is 0 Å². The zero-order valence-corrected chi connectivity index (χ0v) is 34.3. The summed E-state index contributed by atoms with van der Waals surface area (Å²) in [6.45, 7) is 9.72. The first kappa shape index (κ1) is 34.3. The number of aryl methyl sites for hydroxylation is 1. The van der Waals surface area contributed by atoms with Gasteiger partial charge in [-0.15, -0.1) is 0 Å². The Morgan fingerprint density at radius 3 is 1.90 bits per heavy atom. The Bertz CT molecular complexity index is 2930. The molecule has 5 aromatic rings. The lowest BCUT2D eigenvalue weighted by molar-refractivity contribution is 0.598. The fourth-order valence-corrected chi connectivity index (χ4v) is 12.4. The molecule has 0 aliphatic heterocycles. The Balaban J connectivity index is 1.07. The van der Waals surface area contributed by atoms with E-state index in [2.05, 4.69) is 173 Å². The Hall–Kier alpha value is -5.72. The summed E-state index contributed by atoms with van der Waals surface area (Å²) in [4.78, 5) is 0. The Kier molecular flexibility index (Phi) is 7.34. The molecule has 58 heavy (non-hydrogen) atoms. The summed E-state index contributed by atoms with van der Waals surface area (Å²) in [5, 5.41) is 2.76. The zero-order valence-electron chi connectivity index (χ0n) is 34.3. The molecule has 0 fully saturated rings. The Morgan fingerprint density at radius 2 is 1.16 bits per heavy atom. The Labute approximate surface area is 344 Å². The predicted octanol–water partition coefficient (Wildman–Crippen LogP) is 14.9. The van der Waals surface area contributed by atoms with Crippen molar-refractivity contribution in [3.8, 4) is 0 Å². The highest BCUT2D eigenvalue weighted by molar-refractivity contribution is 6.04. The predicted molar refractivity (Wildman–Crippen MR) is 246 cm³/mol. The van der Waals surface area contributed by atoms with Gasteiger partial charge in [-0.05, 0) is 151 Å². The lowest BCUT2D eigenvalue weighted by Crippen LogP contribution is -2.23. The maximum atomic E-state index is 2.65. The van der Waals surface area contributed by atoms with Gasteiger partial charge in [-0.2, -0.15) is 0 Å². The molecule has 7 aliphatic rings. The van der Waals surface area contributed by atoms with Crippen molar-refractivity contribution in [1.82, 2.24) is 0 Å².